The number of piperazine rings is 1. The molecule has 4 heteroatoms. The van der Waals surface area contributed by atoms with Gasteiger partial charge in [0.05, 0.1) is 0 Å². The number of carbonyl (C=O) groups excluding carboxylic acids is 1. The predicted octanol–water partition coefficient (Wildman–Crippen LogP) is 5.15. The third kappa shape index (κ3) is 3.81. The van der Waals surface area contributed by atoms with Gasteiger partial charge in [0.15, 0.2) is 5.78 Å². The largest absolute Gasteiger partial charge is 0.297 e. The normalized spacial score (nSPS) is 21.4. The van der Waals surface area contributed by atoms with Crippen molar-refractivity contribution in [1.82, 2.24) is 9.80 Å². The van der Waals surface area contributed by atoms with Gasteiger partial charge in [-0.2, -0.15) is 0 Å². The van der Waals surface area contributed by atoms with Crippen LogP contribution in [0.25, 0.3) is 0 Å². The van der Waals surface area contributed by atoms with Gasteiger partial charge in [-0.05, 0) is 36.1 Å². The standard InChI is InChI=1S/C29H31FN2O/c1-3-22-9-4-5-10-23(22)20-31-14-16-32(17-15-31)29(24-11-6-8-21(2)18-24)19-26-25(28(29)33)12-7-13-27(26)30/h4-13,18H,3,14-17,19-20H2,1-2H3. The molecule has 1 aliphatic heterocycles. The summed E-state index contributed by atoms with van der Waals surface area (Å²) in [5, 5.41) is 0. The minimum atomic E-state index is -0.829. The van der Waals surface area contributed by atoms with Crippen molar-refractivity contribution in [2.24, 2.45) is 0 Å². The Morgan fingerprint density at radius 3 is 2.33 bits per heavy atom. The molecule has 0 radical (unpaired) electrons. The highest BCUT2D eigenvalue weighted by Gasteiger charge is 2.52. The lowest BCUT2D eigenvalue weighted by molar-refractivity contribution is 0.0286. The first kappa shape index (κ1) is 22.0. The van der Waals surface area contributed by atoms with E-state index < -0.39 is 5.54 Å². The van der Waals surface area contributed by atoms with Gasteiger partial charge in [-0.25, -0.2) is 4.39 Å². The predicted molar refractivity (Wildman–Crippen MR) is 130 cm³/mol. The number of hydrogen-bond donors (Lipinski definition) is 0. The fraction of sp³-hybridized carbons (Fsp3) is 0.345. The Kier molecular flexibility index (Phi) is 5.90. The van der Waals surface area contributed by atoms with Gasteiger partial charge in [-0.3, -0.25) is 14.6 Å². The van der Waals surface area contributed by atoms with Crippen molar-refractivity contribution >= 4 is 5.78 Å². The van der Waals surface area contributed by atoms with Crippen LogP contribution in [0.2, 0.25) is 0 Å². The molecule has 0 saturated carbocycles. The number of ketones is 1. The van der Waals surface area contributed by atoms with Crippen molar-refractivity contribution in [1.29, 1.82) is 0 Å². The smallest absolute Gasteiger partial charge is 0.188 e. The molecule has 2 aliphatic rings. The molecule has 1 heterocycles. The van der Waals surface area contributed by atoms with Crippen molar-refractivity contribution in [2.45, 2.75) is 38.8 Å². The quantitative estimate of drug-likeness (QED) is 0.546. The van der Waals surface area contributed by atoms with E-state index in [0.717, 1.165) is 50.3 Å². The van der Waals surface area contributed by atoms with E-state index in [9.17, 15) is 9.18 Å². The van der Waals surface area contributed by atoms with Crippen molar-refractivity contribution in [3.8, 4) is 0 Å². The van der Waals surface area contributed by atoms with Crippen LogP contribution in [0, 0.1) is 12.7 Å². The molecule has 33 heavy (non-hydrogen) atoms. The van der Waals surface area contributed by atoms with Crippen LogP contribution in [-0.2, 0) is 24.9 Å². The van der Waals surface area contributed by atoms with Crippen LogP contribution in [-0.4, -0.2) is 41.8 Å². The van der Waals surface area contributed by atoms with Crippen molar-refractivity contribution in [3.63, 3.8) is 0 Å². The first-order chi connectivity index (χ1) is 16.0. The molecular weight excluding hydrogens is 411 g/mol. The molecule has 1 atom stereocenters. The maximum absolute atomic E-state index is 14.8. The second-order valence-corrected chi connectivity index (χ2v) is 9.39. The third-order valence-corrected chi connectivity index (χ3v) is 7.47. The van der Waals surface area contributed by atoms with Gasteiger partial charge >= 0.3 is 0 Å². The van der Waals surface area contributed by atoms with Gasteiger partial charge in [-0.15, -0.1) is 0 Å². The summed E-state index contributed by atoms with van der Waals surface area (Å²) in [5.41, 5.74) is 5.14. The van der Waals surface area contributed by atoms with Crippen LogP contribution in [0.5, 0.6) is 0 Å². The van der Waals surface area contributed by atoms with E-state index in [0.29, 0.717) is 17.5 Å². The molecule has 3 aromatic carbocycles. The zero-order valence-corrected chi connectivity index (χ0v) is 19.5. The van der Waals surface area contributed by atoms with Crippen molar-refractivity contribution in [3.05, 3.63) is 106 Å². The van der Waals surface area contributed by atoms with Crippen LogP contribution < -0.4 is 0 Å². The molecule has 0 bridgehead atoms. The van der Waals surface area contributed by atoms with Gasteiger partial charge in [0.25, 0.3) is 0 Å². The summed E-state index contributed by atoms with van der Waals surface area (Å²) in [4.78, 5) is 18.7. The molecule has 0 aromatic heterocycles. The Bertz CT molecular complexity index is 1180. The SMILES string of the molecule is CCc1ccccc1CN1CCN(C2(c3cccc(C)c3)Cc3c(F)cccc3C2=O)CC1. The summed E-state index contributed by atoms with van der Waals surface area (Å²) in [7, 11) is 0. The average molecular weight is 443 g/mol. The lowest BCUT2D eigenvalue weighted by Crippen LogP contribution is -2.58. The Morgan fingerprint density at radius 2 is 1.64 bits per heavy atom. The highest BCUT2D eigenvalue weighted by molar-refractivity contribution is 6.08. The summed E-state index contributed by atoms with van der Waals surface area (Å²) in [5.74, 6) is -0.238. The zero-order chi connectivity index (χ0) is 23.0. The molecule has 0 N–H and O–H groups in total. The molecule has 3 nitrogen and oxygen atoms in total. The minimum absolute atomic E-state index is 0.0346. The first-order valence-corrected chi connectivity index (χ1v) is 12.0. The van der Waals surface area contributed by atoms with E-state index in [1.807, 2.05) is 25.1 Å². The van der Waals surface area contributed by atoms with Crippen LogP contribution >= 0.6 is 0 Å². The summed E-state index contributed by atoms with van der Waals surface area (Å²) in [6.07, 6.45) is 1.43. The van der Waals surface area contributed by atoms with Gasteiger partial charge in [0.1, 0.15) is 11.4 Å². The van der Waals surface area contributed by atoms with E-state index in [2.05, 4.69) is 47.1 Å². The maximum Gasteiger partial charge on any atom is 0.188 e. The molecule has 0 spiro atoms. The Balaban J connectivity index is 1.44. The highest BCUT2D eigenvalue weighted by atomic mass is 19.1. The molecule has 170 valence electrons. The Hall–Kier alpha value is -2.82. The number of benzene rings is 3. The highest BCUT2D eigenvalue weighted by Crippen LogP contribution is 2.44. The molecule has 5 rings (SSSR count). The topological polar surface area (TPSA) is 23.6 Å². The van der Waals surface area contributed by atoms with Gasteiger partial charge in [0, 0.05) is 50.3 Å². The van der Waals surface area contributed by atoms with E-state index in [4.69, 9.17) is 0 Å². The van der Waals surface area contributed by atoms with Crippen LogP contribution in [0.3, 0.4) is 0 Å². The number of hydrogen-bond acceptors (Lipinski definition) is 3. The minimum Gasteiger partial charge on any atom is -0.297 e. The third-order valence-electron chi connectivity index (χ3n) is 7.47. The van der Waals surface area contributed by atoms with Crippen LogP contribution in [0.4, 0.5) is 4.39 Å². The fourth-order valence-corrected chi connectivity index (χ4v) is 5.67. The van der Waals surface area contributed by atoms with Crippen LogP contribution in [0.1, 0.15) is 45.1 Å². The number of Topliss-reactive ketones (excluding diaryl/α,β-unsaturated/α-hetero) is 1. The number of fused-ring (bicyclic) bond motifs is 1. The van der Waals surface area contributed by atoms with Gasteiger partial charge < -0.3 is 0 Å². The Labute approximate surface area is 195 Å². The molecule has 1 unspecified atom stereocenters. The van der Waals surface area contributed by atoms with E-state index >= 15 is 0 Å². The first-order valence-electron chi connectivity index (χ1n) is 12.0. The summed E-state index contributed by atoms with van der Waals surface area (Å²) in [6, 6.07) is 21.8. The van der Waals surface area contributed by atoms with E-state index in [-0.39, 0.29) is 11.6 Å². The van der Waals surface area contributed by atoms with Crippen molar-refractivity contribution < 1.29 is 9.18 Å². The average Bonchev–Trinajstić information content (AvgIpc) is 3.15. The number of halogens is 1. The monoisotopic (exact) mass is 442 g/mol. The number of nitrogens with zero attached hydrogens (tertiary/aromatic N) is 2. The Morgan fingerprint density at radius 1 is 0.909 bits per heavy atom. The van der Waals surface area contributed by atoms with E-state index in [1.54, 1.807) is 12.1 Å². The zero-order valence-electron chi connectivity index (χ0n) is 19.5. The molecule has 1 saturated heterocycles. The summed E-state index contributed by atoms with van der Waals surface area (Å²) >= 11 is 0. The molecule has 1 aliphatic carbocycles. The molecule has 3 aromatic rings. The number of aryl methyl sites for hydroxylation is 2. The maximum atomic E-state index is 14.8. The molecule has 1 fully saturated rings. The second kappa shape index (κ2) is 8.85. The summed E-state index contributed by atoms with van der Waals surface area (Å²) < 4.78 is 14.8. The summed E-state index contributed by atoms with van der Waals surface area (Å²) in [6.45, 7) is 8.51. The fourth-order valence-electron chi connectivity index (χ4n) is 5.67. The number of rotatable bonds is 5. The second-order valence-electron chi connectivity index (χ2n) is 9.39. The molecule has 0 amide bonds. The van der Waals surface area contributed by atoms with E-state index in [1.165, 1.54) is 17.2 Å². The van der Waals surface area contributed by atoms with Crippen molar-refractivity contribution in [2.75, 3.05) is 26.2 Å². The lowest BCUT2D eigenvalue weighted by Gasteiger charge is -2.45. The molecular formula is C29H31FN2O. The lowest BCUT2D eigenvalue weighted by atomic mass is 9.82. The van der Waals surface area contributed by atoms with Gasteiger partial charge in [-0.1, -0.05) is 73.2 Å². The van der Waals surface area contributed by atoms with Gasteiger partial charge in [0.2, 0.25) is 0 Å². The number of carbonyl (C=O) groups is 1. The van der Waals surface area contributed by atoms with Crippen LogP contribution in [0.15, 0.2) is 66.7 Å².